The molecule has 0 saturated heterocycles. The van der Waals surface area contributed by atoms with E-state index in [0.717, 1.165) is 0 Å². The quantitative estimate of drug-likeness (QED) is 0.358. The summed E-state index contributed by atoms with van der Waals surface area (Å²) in [7, 11) is 0. The number of hydrogen-bond donors (Lipinski definition) is 4. The van der Waals surface area contributed by atoms with Gasteiger partial charge in [0.05, 0.1) is 12.8 Å². The van der Waals surface area contributed by atoms with E-state index in [1.165, 1.54) is 0 Å². The van der Waals surface area contributed by atoms with Gasteiger partial charge in [0.25, 0.3) is 0 Å². The van der Waals surface area contributed by atoms with Crippen LogP contribution in [0.25, 0.3) is 0 Å². The summed E-state index contributed by atoms with van der Waals surface area (Å²) in [6.07, 6.45) is -2.29. The molecule has 0 heterocycles. The maximum absolute atomic E-state index is 10.3. The van der Waals surface area contributed by atoms with Crippen molar-refractivity contribution in [1.82, 2.24) is 0 Å². The van der Waals surface area contributed by atoms with Gasteiger partial charge in [0.2, 0.25) is 0 Å². The average molecular weight is 318 g/mol. The third-order valence-electron chi connectivity index (χ3n) is 1.29. The van der Waals surface area contributed by atoms with E-state index in [1.54, 1.807) is 0 Å². The zero-order valence-corrected chi connectivity index (χ0v) is 7.93. The fraction of sp³-hybridized carbons (Fsp3) is 0.500. The van der Waals surface area contributed by atoms with Crippen LogP contribution < -0.4 is 0 Å². The Kier molecular flexibility index (Phi) is 43.3. The molecule has 0 saturated carbocycles. The number of carbonyl (C=O) groups is 3. The van der Waals surface area contributed by atoms with Crippen LogP contribution in [0, 0.1) is 0 Å². The summed E-state index contributed by atoms with van der Waals surface area (Å²) in [5.74, 6) is -5.02. The second-order valence-electron chi connectivity index (χ2n) is 2.48. The van der Waals surface area contributed by atoms with Crippen molar-refractivity contribution >= 4 is 107 Å². The number of rotatable bonds is 5. The SMILES string of the molecule is O.O.O.O=C(O)CC(O)(CC(=O)O)C(=O)O.[NaH].[NaH].[NaH]. The Labute approximate surface area is 174 Å². The van der Waals surface area contributed by atoms with E-state index >= 15 is 0 Å². The van der Waals surface area contributed by atoms with Crippen LogP contribution in [0.15, 0.2) is 0 Å². The molecular weight excluding hydrogens is 301 g/mol. The first-order valence-electron chi connectivity index (χ1n) is 3.17. The molecule has 104 valence electrons. The van der Waals surface area contributed by atoms with Crippen molar-refractivity contribution in [2.75, 3.05) is 0 Å². The third-order valence-corrected chi connectivity index (χ3v) is 1.29. The van der Waals surface area contributed by atoms with Gasteiger partial charge in [-0.2, -0.15) is 0 Å². The van der Waals surface area contributed by atoms with Gasteiger partial charge in [-0.25, -0.2) is 4.79 Å². The fourth-order valence-corrected chi connectivity index (χ4v) is 0.714. The van der Waals surface area contributed by atoms with E-state index in [9.17, 15) is 14.4 Å². The van der Waals surface area contributed by atoms with E-state index in [0.29, 0.717) is 0 Å². The standard InChI is InChI=1S/C6H8O7.3Na.3H2O.3H/c7-3(8)1-6(13,5(11)12)2-4(9)10;;;;;;;;;/h13H,1-2H2,(H,7,8)(H,9,10)(H,11,12);;;;3*1H2;;;. The van der Waals surface area contributed by atoms with Crippen molar-refractivity contribution in [3.63, 3.8) is 0 Å². The fourth-order valence-electron chi connectivity index (χ4n) is 0.714. The predicted octanol–water partition coefficient (Wildman–Crippen LogP) is -5.67. The van der Waals surface area contributed by atoms with Crippen LogP contribution in [-0.2, 0) is 14.4 Å². The molecule has 0 fully saturated rings. The Balaban J connectivity index is -0.0000000480. The van der Waals surface area contributed by atoms with Crippen LogP contribution in [-0.4, -0.2) is 149 Å². The molecule has 10 N–H and O–H groups in total. The summed E-state index contributed by atoms with van der Waals surface area (Å²) in [5, 5.41) is 33.8. The number of aliphatic hydroxyl groups is 1. The van der Waals surface area contributed by atoms with E-state index in [4.69, 9.17) is 20.4 Å². The molecule has 0 aliphatic carbocycles. The maximum atomic E-state index is 10.3. The molecule has 0 atom stereocenters. The van der Waals surface area contributed by atoms with E-state index in [2.05, 4.69) is 0 Å². The molecule has 0 bridgehead atoms. The van der Waals surface area contributed by atoms with Gasteiger partial charge in [-0.1, -0.05) is 0 Å². The van der Waals surface area contributed by atoms with Crippen LogP contribution in [0.3, 0.4) is 0 Å². The molecule has 0 radical (unpaired) electrons. The minimum absolute atomic E-state index is 0. The molecule has 13 heteroatoms. The van der Waals surface area contributed by atoms with E-state index < -0.39 is 36.4 Å². The molecule has 0 amide bonds. The molecule has 0 rings (SSSR count). The van der Waals surface area contributed by atoms with Gasteiger partial charge in [-0.3, -0.25) is 9.59 Å². The van der Waals surface area contributed by atoms with Gasteiger partial charge in [0, 0.05) is 0 Å². The van der Waals surface area contributed by atoms with Gasteiger partial charge >= 0.3 is 107 Å². The molecule has 0 aliphatic heterocycles. The van der Waals surface area contributed by atoms with Crippen molar-refractivity contribution in [3.8, 4) is 0 Å². The first-order valence-corrected chi connectivity index (χ1v) is 3.17. The Morgan fingerprint density at radius 2 is 0.947 bits per heavy atom. The molecule has 10 nitrogen and oxygen atoms in total. The van der Waals surface area contributed by atoms with Gasteiger partial charge in [-0.05, 0) is 0 Å². The summed E-state index contributed by atoms with van der Waals surface area (Å²) in [6, 6.07) is 0. The summed E-state index contributed by atoms with van der Waals surface area (Å²) >= 11 is 0. The third kappa shape index (κ3) is 19.2. The molecule has 0 aromatic heterocycles. The van der Waals surface area contributed by atoms with Crippen molar-refractivity contribution in [3.05, 3.63) is 0 Å². The number of carboxylic acid groups (broad SMARTS) is 3. The number of carboxylic acids is 3. The molecule has 0 aliphatic rings. The second-order valence-corrected chi connectivity index (χ2v) is 2.48. The predicted molar refractivity (Wildman–Crippen MR) is 69.4 cm³/mol. The van der Waals surface area contributed by atoms with Gasteiger partial charge in [0.1, 0.15) is 0 Å². The normalized spacial score (nSPS) is 7.42. The molecule has 19 heavy (non-hydrogen) atoms. The zero-order valence-electron chi connectivity index (χ0n) is 7.93. The summed E-state index contributed by atoms with van der Waals surface area (Å²) in [4.78, 5) is 30.5. The molecule has 0 aromatic carbocycles. The van der Waals surface area contributed by atoms with Gasteiger partial charge in [-0.15, -0.1) is 0 Å². The van der Waals surface area contributed by atoms with Crippen LogP contribution in [0.2, 0.25) is 0 Å². The minimum atomic E-state index is -2.74. The molecular formula is C6H17Na3O10. The summed E-state index contributed by atoms with van der Waals surface area (Å²) in [5.41, 5.74) is -2.74. The zero-order chi connectivity index (χ0) is 10.6. The summed E-state index contributed by atoms with van der Waals surface area (Å²) in [6.45, 7) is 0. The number of aliphatic carboxylic acids is 3. The number of hydrogen-bond acceptors (Lipinski definition) is 4. The first kappa shape index (κ1) is 42.7. The monoisotopic (exact) mass is 318 g/mol. The Morgan fingerprint density at radius 1 is 0.737 bits per heavy atom. The topological polar surface area (TPSA) is 227 Å². The van der Waals surface area contributed by atoms with Crippen molar-refractivity contribution in [1.29, 1.82) is 0 Å². The Morgan fingerprint density at radius 3 is 1.05 bits per heavy atom. The molecule has 0 spiro atoms. The Bertz CT molecular complexity index is 242. The van der Waals surface area contributed by atoms with E-state index in [-0.39, 0.29) is 105 Å². The van der Waals surface area contributed by atoms with E-state index in [1.807, 2.05) is 0 Å². The van der Waals surface area contributed by atoms with Crippen LogP contribution in [0.4, 0.5) is 0 Å². The van der Waals surface area contributed by atoms with Crippen LogP contribution in [0.1, 0.15) is 12.8 Å². The van der Waals surface area contributed by atoms with Crippen molar-refractivity contribution in [2.24, 2.45) is 0 Å². The summed E-state index contributed by atoms with van der Waals surface area (Å²) < 4.78 is 0. The van der Waals surface area contributed by atoms with Gasteiger partial charge < -0.3 is 36.9 Å². The molecule has 0 unspecified atom stereocenters. The average Bonchev–Trinajstić information content (AvgIpc) is 1.82. The second kappa shape index (κ2) is 19.2. The van der Waals surface area contributed by atoms with Crippen molar-refractivity contribution < 1.29 is 51.2 Å². The van der Waals surface area contributed by atoms with Crippen molar-refractivity contribution in [2.45, 2.75) is 18.4 Å². The van der Waals surface area contributed by atoms with Gasteiger partial charge in [0.15, 0.2) is 5.60 Å². The first-order chi connectivity index (χ1) is 5.78. The molecule has 0 aromatic rings. The van der Waals surface area contributed by atoms with Crippen LogP contribution in [0.5, 0.6) is 0 Å². The van der Waals surface area contributed by atoms with Crippen LogP contribution >= 0.6 is 0 Å². The Hall–Kier alpha value is 1.25.